The molecule has 1 fully saturated rings. The molecule has 8 nitrogen and oxygen atoms in total. The van der Waals surface area contributed by atoms with Crippen LogP contribution in [0.2, 0.25) is 0 Å². The first-order chi connectivity index (χ1) is 9.86. The monoisotopic (exact) mass is 313 g/mol. The van der Waals surface area contributed by atoms with Crippen molar-refractivity contribution in [3.05, 3.63) is 24.3 Å². The Kier molecular flexibility index (Phi) is 4.86. The Bertz CT molecular complexity index is 592. The van der Waals surface area contributed by atoms with Crippen LogP contribution in [0.1, 0.15) is 5.69 Å². The second kappa shape index (κ2) is 6.46. The first-order valence-electron chi connectivity index (χ1n) is 6.58. The molecular formula is C12H19N5O3S. The molecule has 0 bridgehead atoms. The quantitative estimate of drug-likeness (QED) is 0.736. The molecule has 1 aliphatic heterocycles. The van der Waals surface area contributed by atoms with E-state index in [1.165, 1.54) is 4.31 Å². The summed E-state index contributed by atoms with van der Waals surface area (Å²) in [6.07, 6.45) is 5.98. The van der Waals surface area contributed by atoms with E-state index in [1.807, 2.05) is 4.90 Å². The second-order valence-electron chi connectivity index (χ2n) is 5.15. The number of carbonyl (C=O) groups excluding carboxylic acids is 1. The third kappa shape index (κ3) is 4.45. The second-order valence-corrected chi connectivity index (χ2v) is 7.13. The van der Waals surface area contributed by atoms with Crippen molar-refractivity contribution < 1.29 is 13.2 Å². The molecule has 0 radical (unpaired) electrons. The third-order valence-corrected chi connectivity index (χ3v) is 4.71. The number of nitrogens with zero attached hydrogens (tertiary/aromatic N) is 4. The SMILES string of the molecule is CS(=O)(=O)N1CCN(Cc2cnccn2)CC(C(N)=O)C1. The molecule has 1 aromatic heterocycles. The van der Waals surface area contributed by atoms with E-state index in [2.05, 4.69) is 9.97 Å². The van der Waals surface area contributed by atoms with Gasteiger partial charge in [-0.1, -0.05) is 0 Å². The van der Waals surface area contributed by atoms with E-state index in [9.17, 15) is 13.2 Å². The van der Waals surface area contributed by atoms with Gasteiger partial charge in [0.05, 0.1) is 17.9 Å². The van der Waals surface area contributed by atoms with E-state index in [4.69, 9.17) is 5.73 Å². The Balaban J connectivity index is 2.12. The summed E-state index contributed by atoms with van der Waals surface area (Å²) in [5, 5.41) is 0. The summed E-state index contributed by atoms with van der Waals surface area (Å²) in [7, 11) is -3.34. The molecule has 0 saturated carbocycles. The zero-order chi connectivity index (χ0) is 15.5. The van der Waals surface area contributed by atoms with Gasteiger partial charge in [-0.25, -0.2) is 12.7 Å². The summed E-state index contributed by atoms with van der Waals surface area (Å²) in [5.74, 6) is -1.02. The van der Waals surface area contributed by atoms with Crippen LogP contribution in [0.25, 0.3) is 0 Å². The summed E-state index contributed by atoms with van der Waals surface area (Å²) in [6.45, 7) is 1.91. The Morgan fingerprint density at radius 3 is 2.71 bits per heavy atom. The van der Waals surface area contributed by atoms with Gasteiger partial charge >= 0.3 is 0 Å². The molecule has 1 saturated heterocycles. The Labute approximate surface area is 124 Å². The molecule has 0 aromatic carbocycles. The van der Waals surface area contributed by atoms with Crippen molar-refractivity contribution in [2.75, 3.05) is 32.4 Å². The number of sulfonamides is 1. The fourth-order valence-corrected chi connectivity index (χ4v) is 3.18. The number of rotatable bonds is 4. The summed E-state index contributed by atoms with van der Waals surface area (Å²) < 4.78 is 24.7. The van der Waals surface area contributed by atoms with Gasteiger partial charge in [0, 0.05) is 51.3 Å². The lowest BCUT2D eigenvalue weighted by atomic mass is 10.1. The van der Waals surface area contributed by atoms with E-state index < -0.39 is 21.8 Å². The molecule has 2 rings (SSSR count). The van der Waals surface area contributed by atoms with Crippen LogP contribution in [-0.2, 0) is 21.4 Å². The molecule has 1 unspecified atom stereocenters. The van der Waals surface area contributed by atoms with Crippen LogP contribution in [0.15, 0.2) is 18.6 Å². The van der Waals surface area contributed by atoms with Crippen LogP contribution in [0.5, 0.6) is 0 Å². The first-order valence-corrected chi connectivity index (χ1v) is 8.43. The highest BCUT2D eigenvalue weighted by Gasteiger charge is 2.30. The fraction of sp³-hybridized carbons (Fsp3) is 0.583. The number of aromatic nitrogens is 2. The molecule has 1 aromatic rings. The molecule has 0 aliphatic carbocycles. The lowest BCUT2D eigenvalue weighted by molar-refractivity contribution is -0.122. The van der Waals surface area contributed by atoms with Crippen molar-refractivity contribution >= 4 is 15.9 Å². The van der Waals surface area contributed by atoms with Crippen LogP contribution in [-0.4, -0.2) is 65.9 Å². The molecule has 2 heterocycles. The number of hydrogen-bond donors (Lipinski definition) is 1. The molecule has 2 N–H and O–H groups in total. The van der Waals surface area contributed by atoms with Gasteiger partial charge in [0.1, 0.15) is 0 Å². The summed E-state index contributed by atoms with van der Waals surface area (Å²) >= 11 is 0. The van der Waals surface area contributed by atoms with Gasteiger partial charge < -0.3 is 5.73 Å². The van der Waals surface area contributed by atoms with Gasteiger partial charge in [-0.2, -0.15) is 0 Å². The van der Waals surface area contributed by atoms with Crippen LogP contribution in [0.3, 0.4) is 0 Å². The summed E-state index contributed by atoms with van der Waals surface area (Å²) in [5.41, 5.74) is 6.15. The summed E-state index contributed by atoms with van der Waals surface area (Å²) in [6, 6.07) is 0. The van der Waals surface area contributed by atoms with Gasteiger partial charge in [0.2, 0.25) is 15.9 Å². The van der Waals surface area contributed by atoms with Gasteiger partial charge in [-0.15, -0.1) is 0 Å². The van der Waals surface area contributed by atoms with Gasteiger partial charge in [0.15, 0.2) is 0 Å². The standard InChI is InChI=1S/C12H19N5O3S/c1-21(19,20)17-5-4-16(7-10(8-17)12(13)18)9-11-6-14-2-3-15-11/h2-3,6,10H,4-5,7-9H2,1H3,(H2,13,18). The van der Waals surface area contributed by atoms with Gasteiger partial charge in [-0.3, -0.25) is 19.7 Å². The van der Waals surface area contributed by atoms with Crippen molar-refractivity contribution in [1.29, 1.82) is 0 Å². The minimum Gasteiger partial charge on any atom is -0.369 e. The molecule has 9 heteroatoms. The lowest BCUT2D eigenvalue weighted by Crippen LogP contribution is -2.40. The highest BCUT2D eigenvalue weighted by molar-refractivity contribution is 7.88. The minimum atomic E-state index is -3.34. The molecule has 1 atom stereocenters. The molecule has 1 aliphatic rings. The van der Waals surface area contributed by atoms with Gasteiger partial charge in [0.25, 0.3) is 0 Å². The third-order valence-electron chi connectivity index (χ3n) is 3.44. The predicted molar refractivity (Wildman–Crippen MR) is 76.4 cm³/mol. The van der Waals surface area contributed by atoms with Crippen molar-refractivity contribution in [2.24, 2.45) is 11.7 Å². The normalized spacial score (nSPS) is 21.9. The average Bonchev–Trinajstić information content (AvgIpc) is 2.62. The lowest BCUT2D eigenvalue weighted by Gasteiger charge is -2.21. The van der Waals surface area contributed by atoms with Crippen LogP contribution >= 0.6 is 0 Å². The topological polar surface area (TPSA) is 109 Å². The number of nitrogens with two attached hydrogens (primary N) is 1. The number of carbonyl (C=O) groups is 1. The van der Waals surface area contributed by atoms with E-state index in [0.29, 0.717) is 26.2 Å². The predicted octanol–water partition coefficient (Wildman–Crippen LogP) is -1.34. The van der Waals surface area contributed by atoms with Crippen molar-refractivity contribution in [3.8, 4) is 0 Å². The highest BCUT2D eigenvalue weighted by Crippen LogP contribution is 2.14. The van der Waals surface area contributed by atoms with Crippen LogP contribution in [0, 0.1) is 5.92 Å². The van der Waals surface area contributed by atoms with Crippen molar-refractivity contribution in [2.45, 2.75) is 6.54 Å². The number of hydrogen-bond acceptors (Lipinski definition) is 6. The van der Waals surface area contributed by atoms with E-state index >= 15 is 0 Å². The van der Waals surface area contributed by atoms with Crippen molar-refractivity contribution in [1.82, 2.24) is 19.2 Å². The zero-order valence-corrected chi connectivity index (χ0v) is 12.7. The maximum absolute atomic E-state index is 11.7. The molecular weight excluding hydrogens is 294 g/mol. The average molecular weight is 313 g/mol. The Hall–Kier alpha value is -1.58. The van der Waals surface area contributed by atoms with Crippen LogP contribution < -0.4 is 5.73 Å². The van der Waals surface area contributed by atoms with E-state index in [0.717, 1.165) is 11.9 Å². The first kappa shape index (κ1) is 15.8. The van der Waals surface area contributed by atoms with Crippen molar-refractivity contribution in [3.63, 3.8) is 0 Å². The zero-order valence-electron chi connectivity index (χ0n) is 11.8. The minimum absolute atomic E-state index is 0.130. The number of amides is 1. The highest BCUT2D eigenvalue weighted by atomic mass is 32.2. The smallest absolute Gasteiger partial charge is 0.223 e. The Morgan fingerprint density at radius 2 is 2.14 bits per heavy atom. The maximum atomic E-state index is 11.7. The molecule has 0 spiro atoms. The largest absolute Gasteiger partial charge is 0.369 e. The van der Waals surface area contributed by atoms with Crippen LogP contribution in [0.4, 0.5) is 0 Å². The van der Waals surface area contributed by atoms with E-state index in [-0.39, 0.29) is 6.54 Å². The molecule has 116 valence electrons. The maximum Gasteiger partial charge on any atom is 0.223 e. The number of primary amides is 1. The van der Waals surface area contributed by atoms with Gasteiger partial charge in [-0.05, 0) is 0 Å². The molecule has 1 amide bonds. The Morgan fingerprint density at radius 1 is 1.38 bits per heavy atom. The molecule has 21 heavy (non-hydrogen) atoms. The van der Waals surface area contributed by atoms with E-state index in [1.54, 1.807) is 18.6 Å². The fourth-order valence-electron chi connectivity index (χ4n) is 2.32. The summed E-state index contributed by atoms with van der Waals surface area (Å²) in [4.78, 5) is 21.7.